The van der Waals surface area contributed by atoms with Gasteiger partial charge in [-0.15, -0.1) is 0 Å². The second kappa shape index (κ2) is 16.4. The molecule has 4 saturated carbocycles. The average Bonchev–Trinajstić information content (AvgIpc) is 3.88. The number of nitrogens with zero attached hydrogens (tertiary/aromatic N) is 5. The lowest BCUT2D eigenvalue weighted by Crippen LogP contribution is -2.74. The summed E-state index contributed by atoms with van der Waals surface area (Å²) in [6.07, 6.45) is 15.4. The minimum atomic E-state index is 0.00203. The van der Waals surface area contributed by atoms with Crippen LogP contribution in [0.2, 0.25) is 0 Å². The fourth-order valence-corrected chi connectivity index (χ4v) is 12.3. The zero-order valence-electron chi connectivity index (χ0n) is 33.8. The number of fused-ring (bicyclic) bond motifs is 2. The number of aliphatic hydroxyl groups is 3. The normalized spacial score (nSPS) is 31.0. The van der Waals surface area contributed by atoms with Crippen LogP contribution in [0.1, 0.15) is 71.6 Å². The molecular formula is C44H59N9O4S. The van der Waals surface area contributed by atoms with Gasteiger partial charge >= 0.3 is 0 Å². The quantitative estimate of drug-likeness (QED) is 0.0584. The predicted molar refractivity (Wildman–Crippen MR) is 231 cm³/mol. The van der Waals surface area contributed by atoms with Crippen LogP contribution in [-0.4, -0.2) is 106 Å². The first-order valence-electron chi connectivity index (χ1n) is 20.9. The van der Waals surface area contributed by atoms with Crippen molar-refractivity contribution in [2.75, 3.05) is 52.5 Å². The third-order valence-corrected chi connectivity index (χ3v) is 15.0. The standard InChI is InChI=1S/C44H59N9O4S/c1-28(39(46)51-41-50-35-9-3-4-10-37(35)58-41)32-8-5-15-53(40(32)47)38-12-11-33(36(25-56)49-38)34(24-45)29(2)48-27-42-20-30-22-43(23-31(21-42)44(30,43)26-42)57-19-16-52(13-6-17-54)14-7-18-55/h3-4,9-12,24-25,30-31,47,49,54-56H,5-8,13-23,26-27,45H2,1-2H3,(H2,46,50,51). The van der Waals surface area contributed by atoms with Gasteiger partial charge in [0.1, 0.15) is 23.8 Å². The summed E-state index contributed by atoms with van der Waals surface area (Å²) < 4.78 is 7.84. The molecule has 14 heteroatoms. The van der Waals surface area contributed by atoms with E-state index in [9.17, 15) is 20.7 Å². The summed E-state index contributed by atoms with van der Waals surface area (Å²) in [5, 5.41) is 42.3. The Balaban J connectivity index is 0.923. The number of ether oxygens (including phenoxy) is 1. The van der Waals surface area contributed by atoms with Crippen molar-refractivity contribution in [1.29, 1.82) is 5.41 Å². The minimum absolute atomic E-state index is 0.00203. The predicted octanol–water partition coefficient (Wildman–Crippen LogP) is 5.78. The number of aliphatic imine (C=N–C) groups is 2. The number of aromatic nitrogens is 1. The molecule has 4 aliphatic carbocycles. The van der Waals surface area contributed by atoms with Crippen molar-refractivity contribution < 1.29 is 20.1 Å². The molecule has 0 radical (unpaired) electrons. The molecular weight excluding hydrogens is 751 g/mol. The summed E-state index contributed by atoms with van der Waals surface area (Å²) in [7, 11) is 0. The SMILES string of the molecule is CC(=NCC12CC3CC4(OCCN(CCCO)CCCO)CC(C1)C34C2)C(=CN)C1=CC=C(N2CCCC(=C(C)C(N)=Nc3nc4ccccc4s3)C2=N)NC1=CO. The Morgan fingerprint density at radius 1 is 1.10 bits per heavy atom. The molecule has 2 unspecified atom stereocenters. The van der Waals surface area contributed by atoms with Crippen molar-refractivity contribution in [1.82, 2.24) is 20.1 Å². The Morgan fingerprint density at radius 3 is 2.53 bits per heavy atom. The lowest BCUT2D eigenvalue weighted by Gasteiger charge is -2.73. The number of thiazole rings is 1. The number of nitrogens with two attached hydrogens (primary N) is 2. The second-order valence-corrected chi connectivity index (χ2v) is 18.2. The molecule has 3 heterocycles. The Labute approximate surface area is 345 Å². The van der Waals surface area contributed by atoms with Gasteiger partial charge in [0, 0.05) is 80.0 Å². The molecule has 1 spiro atoms. The molecule has 6 aliphatic rings. The number of piperidine rings is 1. The number of hydrogen-bond acceptors (Lipinski definition) is 12. The average molecular weight is 810 g/mol. The molecule has 58 heavy (non-hydrogen) atoms. The van der Waals surface area contributed by atoms with Crippen LogP contribution >= 0.6 is 11.3 Å². The monoisotopic (exact) mass is 809 g/mol. The van der Waals surface area contributed by atoms with Crippen molar-refractivity contribution in [2.24, 2.45) is 44.1 Å². The maximum atomic E-state index is 10.5. The first kappa shape index (κ1) is 40.4. The van der Waals surface area contributed by atoms with Crippen LogP contribution < -0.4 is 16.8 Å². The van der Waals surface area contributed by atoms with Gasteiger partial charge in [-0.05, 0) is 119 Å². The molecule has 1 aromatic heterocycles. The van der Waals surface area contributed by atoms with E-state index in [1.54, 1.807) is 6.20 Å². The lowest BCUT2D eigenvalue weighted by atomic mass is 9.35. The van der Waals surface area contributed by atoms with Crippen molar-refractivity contribution in [3.63, 3.8) is 0 Å². The number of para-hydroxylation sites is 1. The molecule has 2 aromatic rings. The van der Waals surface area contributed by atoms with Crippen LogP contribution in [0.5, 0.6) is 0 Å². The zero-order chi connectivity index (χ0) is 40.7. The van der Waals surface area contributed by atoms with E-state index in [4.69, 9.17) is 21.2 Å². The Kier molecular flexibility index (Phi) is 11.4. The highest BCUT2D eigenvalue weighted by Gasteiger charge is 2.84. The number of allylic oxidation sites excluding steroid dienone is 3. The Bertz CT molecular complexity index is 2090. The molecule has 5 fully saturated rings. The summed E-state index contributed by atoms with van der Waals surface area (Å²) >= 11 is 1.49. The van der Waals surface area contributed by atoms with Gasteiger partial charge in [-0.2, -0.15) is 0 Å². The summed E-state index contributed by atoms with van der Waals surface area (Å²) in [6, 6.07) is 7.90. The van der Waals surface area contributed by atoms with Crippen LogP contribution in [0.25, 0.3) is 10.2 Å². The van der Waals surface area contributed by atoms with Crippen LogP contribution in [0.3, 0.4) is 0 Å². The Hall–Kier alpha value is -4.34. The molecule has 8 rings (SSSR count). The van der Waals surface area contributed by atoms with Crippen LogP contribution in [0.4, 0.5) is 5.13 Å². The molecule has 0 amide bonds. The van der Waals surface area contributed by atoms with Crippen LogP contribution in [-0.2, 0) is 4.74 Å². The fourth-order valence-electron chi connectivity index (χ4n) is 11.5. The van der Waals surface area contributed by atoms with E-state index in [1.807, 2.05) is 55.2 Å². The van der Waals surface area contributed by atoms with E-state index < -0.39 is 0 Å². The van der Waals surface area contributed by atoms with Gasteiger partial charge in [-0.1, -0.05) is 23.5 Å². The molecule has 1 saturated heterocycles. The summed E-state index contributed by atoms with van der Waals surface area (Å²) in [6.45, 7) is 8.83. The zero-order valence-corrected chi connectivity index (χ0v) is 34.7. The topological polar surface area (TPSA) is 202 Å². The molecule has 9 N–H and O–H groups in total. The third kappa shape index (κ3) is 7.00. The lowest BCUT2D eigenvalue weighted by molar-refractivity contribution is -0.327. The number of amidine groups is 2. The van der Waals surface area contributed by atoms with Gasteiger partial charge in [0.2, 0.25) is 5.13 Å². The third-order valence-electron chi connectivity index (χ3n) is 14.1. The van der Waals surface area contributed by atoms with E-state index >= 15 is 0 Å². The largest absolute Gasteiger partial charge is 0.513 e. The second-order valence-electron chi connectivity index (χ2n) is 17.2. The highest BCUT2D eigenvalue weighted by Crippen LogP contribution is 2.86. The number of nitrogens with one attached hydrogen (secondary N) is 2. The number of aliphatic hydroxyl groups excluding tert-OH is 3. The van der Waals surface area contributed by atoms with E-state index in [-0.39, 0.29) is 24.2 Å². The maximum Gasteiger partial charge on any atom is 0.212 e. The maximum absolute atomic E-state index is 10.5. The fraction of sp³-hybridized carbons (Fsp3) is 0.545. The first-order valence-corrected chi connectivity index (χ1v) is 21.7. The smallest absolute Gasteiger partial charge is 0.212 e. The number of hydrogen-bond donors (Lipinski definition) is 7. The highest BCUT2D eigenvalue weighted by atomic mass is 32.1. The van der Waals surface area contributed by atoms with Gasteiger partial charge in [0.15, 0.2) is 0 Å². The molecule has 13 nitrogen and oxygen atoms in total. The molecule has 2 aliphatic heterocycles. The van der Waals surface area contributed by atoms with E-state index in [2.05, 4.69) is 20.2 Å². The van der Waals surface area contributed by atoms with Crippen molar-refractivity contribution >= 4 is 44.1 Å². The molecule has 2 bridgehead atoms. The van der Waals surface area contributed by atoms with E-state index in [0.717, 1.165) is 103 Å². The summed E-state index contributed by atoms with van der Waals surface area (Å²) in [4.78, 5) is 18.7. The van der Waals surface area contributed by atoms with Gasteiger partial charge in [-0.25, -0.2) is 9.98 Å². The van der Waals surface area contributed by atoms with Gasteiger partial charge in [0.05, 0.1) is 28.1 Å². The van der Waals surface area contributed by atoms with Crippen LogP contribution in [0.15, 0.2) is 92.7 Å². The van der Waals surface area contributed by atoms with Crippen LogP contribution in [0, 0.1) is 28.1 Å². The molecule has 2 atom stereocenters. The van der Waals surface area contributed by atoms with Crippen molar-refractivity contribution in [3.05, 3.63) is 82.7 Å². The number of benzene rings is 1. The van der Waals surface area contributed by atoms with E-state index in [0.29, 0.717) is 65.1 Å². The van der Waals surface area contributed by atoms with Crippen molar-refractivity contribution in [3.8, 4) is 0 Å². The minimum Gasteiger partial charge on any atom is -0.513 e. The summed E-state index contributed by atoms with van der Waals surface area (Å²) in [5.41, 5.74) is 18.6. The van der Waals surface area contributed by atoms with Gasteiger partial charge in [-0.3, -0.25) is 10.4 Å². The van der Waals surface area contributed by atoms with Gasteiger partial charge in [0.25, 0.3) is 0 Å². The highest BCUT2D eigenvalue weighted by molar-refractivity contribution is 7.22. The van der Waals surface area contributed by atoms with Gasteiger partial charge < -0.3 is 46.6 Å². The molecule has 1 aromatic carbocycles. The molecule has 310 valence electrons. The van der Waals surface area contributed by atoms with E-state index in [1.165, 1.54) is 30.6 Å². The summed E-state index contributed by atoms with van der Waals surface area (Å²) in [5.74, 6) is 2.78. The number of dihydropyridines is 1. The number of rotatable bonds is 17. The first-order chi connectivity index (χ1) is 28.1. The number of likely N-dealkylation sites (tertiary alicyclic amines) is 1. The Morgan fingerprint density at radius 2 is 1.84 bits per heavy atom. The van der Waals surface area contributed by atoms with Crippen molar-refractivity contribution in [2.45, 2.75) is 77.2 Å².